The highest BCUT2D eigenvalue weighted by Crippen LogP contribution is 2.15. The summed E-state index contributed by atoms with van der Waals surface area (Å²) in [6.45, 7) is 0. The van der Waals surface area contributed by atoms with E-state index in [1.165, 1.54) is 12.1 Å². The Hall–Kier alpha value is -1.95. The number of carbonyl (C=O) groups excluding carboxylic acids is 1. The van der Waals surface area contributed by atoms with Gasteiger partial charge in [-0.25, -0.2) is 13.4 Å². The van der Waals surface area contributed by atoms with Gasteiger partial charge in [0.15, 0.2) is 16.1 Å². The molecule has 0 aliphatic rings. The van der Waals surface area contributed by atoms with Gasteiger partial charge in [-0.1, -0.05) is 18.2 Å². The first-order valence-corrected chi connectivity index (χ1v) is 6.44. The fourth-order valence-corrected chi connectivity index (χ4v) is 2.52. The van der Waals surface area contributed by atoms with Gasteiger partial charge in [-0.05, 0) is 12.1 Å². The van der Waals surface area contributed by atoms with Crippen molar-refractivity contribution in [2.24, 2.45) is 0 Å². The molecule has 0 saturated heterocycles. The summed E-state index contributed by atoms with van der Waals surface area (Å²) in [5.41, 5.74) is 0.0864. The molecule has 88 valence electrons. The van der Waals surface area contributed by atoms with Gasteiger partial charge in [0.05, 0.1) is 4.90 Å². The van der Waals surface area contributed by atoms with Crippen LogP contribution in [0.4, 0.5) is 0 Å². The number of hydrogen-bond acceptors (Lipinski definition) is 5. The van der Waals surface area contributed by atoms with Gasteiger partial charge in [0.2, 0.25) is 5.89 Å². The van der Waals surface area contributed by atoms with E-state index in [0.29, 0.717) is 6.29 Å². The monoisotopic (exact) mass is 251 g/mol. The average Bonchev–Trinajstić information content (AvgIpc) is 2.77. The Labute approximate surface area is 98.0 Å². The Morgan fingerprint density at radius 3 is 2.53 bits per heavy atom. The molecule has 6 heteroatoms. The van der Waals surface area contributed by atoms with E-state index in [2.05, 4.69) is 4.98 Å². The van der Waals surface area contributed by atoms with Gasteiger partial charge in [-0.2, -0.15) is 0 Å². The Balaban J connectivity index is 2.26. The van der Waals surface area contributed by atoms with E-state index in [0.717, 1.165) is 6.26 Å². The van der Waals surface area contributed by atoms with Crippen molar-refractivity contribution in [3.8, 4) is 0 Å². The van der Waals surface area contributed by atoms with Crippen molar-refractivity contribution >= 4 is 16.1 Å². The average molecular weight is 251 g/mol. The lowest BCUT2D eigenvalue weighted by Gasteiger charge is -2.00. The van der Waals surface area contributed by atoms with E-state index >= 15 is 0 Å². The van der Waals surface area contributed by atoms with Crippen LogP contribution in [0, 0.1) is 0 Å². The summed E-state index contributed by atoms with van der Waals surface area (Å²) >= 11 is 0. The van der Waals surface area contributed by atoms with Crippen LogP contribution in [0.25, 0.3) is 0 Å². The summed E-state index contributed by atoms with van der Waals surface area (Å²) < 4.78 is 28.7. The fourth-order valence-electron chi connectivity index (χ4n) is 1.32. The lowest BCUT2D eigenvalue weighted by Crippen LogP contribution is -2.05. The van der Waals surface area contributed by atoms with Crippen molar-refractivity contribution < 1.29 is 17.6 Å². The van der Waals surface area contributed by atoms with E-state index < -0.39 is 9.84 Å². The quantitative estimate of drug-likeness (QED) is 0.769. The predicted molar refractivity (Wildman–Crippen MR) is 59.2 cm³/mol. The smallest absolute Gasteiger partial charge is 0.210 e. The van der Waals surface area contributed by atoms with Gasteiger partial charge in [-0.15, -0.1) is 0 Å². The summed E-state index contributed by atoms with van der Waals surface area (Å²) in [7, 11) is -3.48. The molecule has 0 saturated carbocycles. The van der Waals surface area contributed by atoms with Gasteiger partial charge < -0.3 is 4.42 Å². The largest absolute Gasteiger partial charge is 0.447 e. The van der Waals surface area contributed by atoms with Gasteiger partial charge >= 0.3 is 0 Å². The van der Waals surface area contributed by atoms with Crippen molar-refractivity contribution in [2.75, 3.05) is 0 Å². The van der Waals surface area contributed by atoms with Crippen LogP contribution in [0.2, 0.25) is 0 Å². The van der Waals surface area contributed by atoms with Crippen LogP contribution >= 0.6 is 0 Å². The number of benzene rings is 1. The highest BCUT2D eigenvalue weighted by molar-refractivity contribution is 7.90. The van der Waals surface area contributed by atoms with Crippen molar-refractivity contribution in [1.82, 2.24) is 4.98 Å². The van der Waals surface area contributed by atoms with Crippen LogP contribution in [0.15, 0.2) is 45.9 Å². The maximum absolute atomic E-state index is 11.9. The summed E-state index contributed by atoms with van der Waals surface area (Å²) in [4.78, 5) is 14.3. The van der Waals surface area contributed by atoms with E-state index in [9.17, 15) is 13.2 Å². The summed E-state index contributed by atoms with van der Waals surface area (Å²) in [6.07, 6.45) is 1.63. The highest BCUT2D eigenvalue weighted by Gasteiger charge is 2.18. The lowest BCUT2D eigenvalue weighted by molar-refractivity contribution is 0.111. The molecule has 0 N–H and O–H groups in total. The van der Waals surface area contributed by atoms with E-state index in [-0.39, 0.29) is 22.2 Å². The number of oxazole rings is 1. The maximum atomic E-state index is 11.9. The molecule has 0 amide bonds. The topological polar surface area (TPSA) is 77.2 Å². The molecule has 2 aromatic rings. The molecular weight excluding hydrogens is 242 g/mol. The standard InChI is InChI=1S/C11H9NO4S/c13-6-9-7-16-11(12-9)8-17(14,15)10-4-2-1-3-5-10/h1-7H,8H2. The number of aromatic nitrogens is 1. The highest BCUT2D eigenvalue weighted by atomic mass is 32.2. The fraction of sp³-hybridized carbons (Fsp3) is 0.0909. The second-order valence-electron chi connectivity index (χ2n) is 3.36. The third-order valence-electron chi connectivity index (χ3n) is 2.11. The zero-order valence-corrected chi connectivity index (χ0v) is 9.55. The third kappa shape index (κ3) is 2.59. The molecule has 0 fully saturated rings. The third-order valence-corrected chi connectivity index (χ3v) is 3.72. The van der Waals surface area contributed by atoms with E-state index in [1.54, 1.807) is 18.2 Å². The van der Waals surface area contributed by atoms with Crippen LogP contribution in [0.5, 0.6) is 0 Å². The molecule has 0 bridgehead atoms. The predicted octanol–water partition coefficient (Wildman–Crippen LogP) is 1.46. The van der Waals surface area contributed by atoms with Gasteiger partial charge in [0.25, 0.3) is 0 Å². The van der Waals surface area contributed by atoms with Crippen LogP contribution in [-0.2, 0) is 15.6 Å². The number of carbonyl (C=O) groups is 1. The van der Waals surface area contributed by atoms with E-state index in [1.807, 2.05) is 0 Å². The summed E-state index contributed by atoms with van der Waals surface area (Å²) in [5, 5.41) is 0. The second kappa shape index (κ2) is 4.50. The summed E-state index contributed by atoms with van der Waals surface area (Å²) in [6, 6.07) is 8.01. The Bertz CT molecular complexity index is 616. The Morgan fingerprint density at radius 1 is 1.24 bits per heavy atom. The number of rotatable bonds is 4. The molecule has 1 aromatic heterocycles. The zero-order valence-electron chi connectivity index (χ0n) is 8.74. The molecule has 2 rings (SSSR count). The lowest BCUT2D eigenvalue weighted by atomic mass is 10.4. The first-order chi connectivity index (χ1) is 8.12. The maximum Gasteiger partial charge on any atom is 0.210 e. The minimum absolute atomic E-state index is 0.0101. The first-order valence-electron chi connectivity index (χ1n) is 4.79. The molecule has 1 aromatic carbocycles. The van der Waals surface area contributed by atoms with Crippen molar-refractivity contribution in [2.45, 2.75) is 10.6 Å². The van der Waals surface area contributed by atoms with Gasteiger partial charge in [-0.3, -0.25) is 4.79 Å². The molecule has 0 atom stereocenters. The van der Waals surface area contributed by atoms with Crippen molar-refractivity contribution in [1.29, 1.82) is 0 Å². The molecular formula is C11H9NO4S. The minimum atomic E-state index is -3.48. The van der Waals surface area contributed by atoms with Crippen molar-refractivity contribution in [3.63, 3.8) is 0 Å². The molecule has 17 heavy (non-hydrogen) atoms. The molecule has 5 nitrogen and oxygen atoms in total. The molecule has 1 heterocycles. The van der Waals surface area contributed by atoms with Crippen LogP contribution in [0.1, 0.15) is 16.4 Å². The molecule has 0 aliphatic heterocycles. The van der Waals surface area contributed by atoms with Crippen LogP contribution in [0.3, 0.4) is 0 Å². The molecule has 0 unspecified atom stereocenters. The Kier molecular flexibility index (Phi) is 3.06. The molecule has 0 spiro atoms. The second-order valence-corrected chi connectivity index (χ2v) is 5.35. The van der Waals surface area contributed by atoms with E-state index in [4.69, 9.17) is 4.42 Å². The minimum Gasteiger partial charge on any atom is -0.447 e. The van der Waals surface area contributed by atoms with Crippen LogP contribution in [-0.4, -0.2) is 19.7 Å². The number of hydrogen-bond donors (Lipinski definition) is 0. The first kappa shape index (κ1) is 11.5. The normalized spacial score (nSPS) is 11.3. The number of aldehydes is 1. The van der Waals surface area contributed by atoms with Gasteiger partial charge in [0.1, 0.15) is 17.7 Å². The molecule has 0 aliphatic carbocycles. The molecule has 0 radical (unpaired) electrons. The SMILES string of the molecule is O=Cc1coc(CS(=O)(=O)c2ccccc2)n1. The number of nitrogens with zero attached hydrogens (tertiary/aromatic N) is 1. The summed E-state index contributed by atoms with van der Waals surface area (Å²) in [5.74, 6) is -0.346. The van der Waals surface area contributed by atoms with Crippen LogP contribution < -0.4 is 0 Å². The van der Waals surface area contributed by atoms with Gasteiger partial charge in [0, 0.05) is 0 Å². The van der Waals surface area contributed by atoms with Crippen molar-refractivity contribution in [3.05, 3.63) is 48.2 Å². The Morgan fingerprint density at radius 2 is 1.94 bits per heavy atom. The zero-order chi connectivity index (χ0) is 12.3. The number of sulfone groups is 1.